The van der Waals surface area contributed by atoms with Gasteiger partial charge in [0, 0.05) is 40.2 Å². The third-order valence-electron chi connectivity index (χ3n) is 2.96. The Bertz CT molecular complexity index is 223. The maximum absolute atomic E-state index is 11.6. The van der Waals surface area contributed by atoms with Crippen LogP contribution in [0.15, 0.2) is 0 Å². The number of amides is 2. The van der Waals surface area contributed by atoms with Gasteiger partial charge < -0.3 is 14.5 Å². The highest BCUT2D eigenvalue weighted by atomic mass is 16.5. The summed E-state index contributed by atoms with van der Waals surface area (Å²) >= 11 is 0. The van der Waals surface area contributed by atoms with Gasteiger partial charge in [0.05, 0.1) is 6.10 Å². The fourth-order valence-corrected chi connectivity index (χ4v) is 2.17. The van der Waals surface area contributed by atoms with Gasteiger partial charge in [-0.15, -0.1) is 0 Å². The number of ether oxygens (including phenoxy) is 1. The quantitative estimate of drug-likeness (QED) is 0.709. The largest absolute Gasteiger partial charge is 0.381 e. The molecule has 0 aromatic carbocycles. The highest BCUT2D eigenvalue weighted by Crippen LogP contribution is 2.26. The van der Waals surface area contributed by atoms with E-state index in [1.54, 1.807) is 26.1 Å². The van der Waals surface area contributed by atoms with Crippen molar-refractivity contribution < 1.29 is 9.53 Å². The third kappa shape index (κ3) is 2.62. The van der Waals surface area contributed by atoms with Crippen LogP contribution in [0.5, 0.6) is 0 Å². The van der Waals surface area contributed by atoms with E-state index >= 15 is 0 Å². The zero-order valence-corrected chi connectivity index (χ0v) is 10.4. The van der Waals surface area contributed by atoms with E-state index in [1.807, 2.05) is 4.90 Å². The van der Waals surface area contributed by atoms with Crippen LogP contribution in [0.25, 0.3) is 0 Å². The number of likely N-dealkylation sites (tertiary alicyclic amines) is 1. The molecule has 0 bridgehead atoms. The molecule has 2 amide bonds. The van der Waals surface area contributed by atoms with Crippen LogP contribution < -0.4 is 0 Å². The zero-order chi connectivity index (χ0) is 11.6. The van der Waals surface area contributed by atoms with E-state index in [1.165, 1.54) is 0 Å². The van der Waals surface area contributed by atoms with Gasteiger partial charge in [0.15, 0.2) is 0 Å². The summed E-state index contributed by atoms with van der Waals surface area (Å²) in [5, 5.41) is 0. The Morgan fingerprint density at radius 2 is 1.93 bits per heavy atom. The predicted octanol–water partition coefficient (Wildman–Crippen LogP) is 1.27. The highest BCUT2D eigenvalue weighted by Gasteiger charge is 2.37. The van der Waals surface area contributed by atoms with E-state index in [4.69, 9.17) is 4.74 Å². The van der Waals surface area contributed by atoms with Crippen molar-refractivity contribution in [3.63, 3.8) is 0 Å². The average molecular weight is 214 g/mol. The summed E-state index contributed by atoms with van der Waals surface area (Å²) in [4.78, 5) is 15.0. The summed E-state index contributed by atoms with van der Waals surface area (Å²) in [5.74, 6) is 1.01. The maximum Gasteiger partial charge on any atom is 0.319 e. The van der Waals surface area contributed by atoms with Crippen molar-refractivity contribution in [3.05, 3.63) is 0 Å². The molecule has 4 nitrogen and oxygen atoms in total. The van der Waals surface area contributed by atoms with Gasteiger partial charge in [-0.3, -0.25) is 0 Å². The molecule has 88 valence electrons. The molecule has 1 fully saturated rings. The van der Waals surface area contributed by atoms with Gasteiger partial charge in [0.2, 0.25) is 0 Å². The van der Waals surface area contributed by atoms with Crippen LogP contribution in [-0.2, 0) is 4.74 Å². The molecule has 0 radical (unpaired) electrons. The second-order valence-electron chi connectivity index (χ2n) is 4.79. The summed E-state index contributed by atoms with van der Waals surface area (Å²) < 4.78 is 5.45. The molecule has 0 saturated carbocycles. The standard InChI is InChI=1S/C11H22N2O2/c1-8(2)10(15-5)9-6-13(7-9)11(14)12(3)4/h8-10H,6-7H2,1-5H3. The summed E-state index contributed by atoms with van der Waals surface area (Å²) in [6.07, 6.45) is 0.274. The minimum Gasteiger partial charge on any atom is -0.381 e. The number of carbonyl (C=O) groups is 1. The average Bonchev–Trinajstić information content (AvgIpc) is 2.08. The van der Waals surface area contributed by atoms with Crippen LogP contribution in [0.3, 0.4) is 0 Å². The third-order valence-corrected chi connectivity index (χ3v) is 2.96. The molecule has 1 aliphatic rings. The molecule has 15 heavy (non-hydrogen) atoms. The molecule has 1 unspecified atom stereocenters. The maximum atomic E-state index is 11.6. The number of nitrogens with zero attached hydrogens (tertiary/aromatic N) is 2. The molecule has 4 heteroatoms. The number of methoxy groups -OCH3 is 1. The van der Waals surface area contributed by atoms with E-state index in [9.17, 15) is 4.79 Å². The van der Waals surface area contributed by atoms with Crippen LogP contribution in [0.4, 0.5) is 4.79 Å². The molecule has 0 aromatic rings. The monoisotopic (exact) mass is 214 g/mol. The van der Waals surface area contributed by atoms with Crippen molar-refractivity contribution in [1.82, 2.24) is 9.80 Å². The topological polar surface area (TPSA) is 32.8 Å². The minimum absolute atomic E-state index is 0.102. The van der Waals surface area contributed by atoms with Gasteiger partial charge in [-0.1, -0.05) is 13.8 Å². The molecule has 0 N–H and O–H groups in total. The van der Waals surface area contributed by atoms with Crippen molar-refractivity contribution in [2.24, 2.45) is 11.8 Å². The summed E-state index contributed by atoms with van der Waals surface area (Å²) in [6, 6.07) is 0.102. The Labute approximate surface area is 92.2 Å². The van der Waals surface area contributed by atoms with Crippen molar-refractivity contribution in [3.8, 4) is 0 Å². The van der Waals surface area contributed by atoms with E-state index in [0.717, 1.165) is 13.1 Å². The molecule has 0 aromatic heterocycles. The first-order valence-electron chi connectivity index (χ1n) is 5.46. The lowest BCUT2D eigenvalue weighted by atomic mass is 9.87. The summed E-state index contributed by atoms with van der Waals surface area (Å²) in [7, 11) is 5.32. The molecule has 1 aliphatic heterocycles. The molecular formula is C11H22N2O2. The molecule has 0 aliphatic carbocycles. The van der Waals surface area contributed by atoms with E-state index in [2.05, 4.69) is 13.8 Å². The van der Waals surface area contributed by atoms with E-state index in [-0.39, 0.29) is 12.1 Å². The lowest BCUT2D eigenvalue weighted by Gasteiger charge is -2.44. The summed E-state index contributed by atoms with van der Waals surface area (Å²) in [6.45, 7) is 5.97. The van der Waals surface area contributed by atoms with Gasteiger partial charge in [-0.2, -0.15) is 0 Å². The number of hydrogen-bond acceptors (Lipinski definition) is 2. The van der Waals surface area contributed by atoms with E-state index < -0.39 is 0 Å². The van der Waals surface area contributed by atoms with Crippen molar-refractivity contribution in [1.29, 1.82) is 0 Å². The smallest absolute Gasteiger partial charge is 0.319 e. The first-order chi connectivity index (χ1) is 6.97. The van der Waals surface area contributed by atoms with Crippen molar-refractivity contribution in [2.75, 3.05) is 34.3 Å². The fourth-order valence-electron chi connectivity index (χ4n) is 2.17. The van der Waals surface area contributed by atoms with Crippen LogP contribution in [0.2, 0.25) is 0 Å². The predicted molar refractivity (Wildman–Crippen MR) is 59.8 cm³/mol. The minimum atomic E-state index is 0.102. The number of rotatable bonds is 3. The Morgan fingerprint density at radius 1 is 1.40 bits per heavy atom. The first kappa shape index (κ1) is 12.3. The second-order valence-corrected chi connectivity index (χ2v) is 4.79. The lowest BCUT2D eigenvalue weighted by Crippen LogP contribution is -2.58. The van der Waals surface area contributed by atoms with Gasteiger partial charge in [-0.25, -0.2) is 4.79 Å². The second kappa shape index (κ2) is 4.84. The number of urea groups is 1. The van der Waals surface area contributed by atoms with Crippen LogP contribution >= 0.6 is 0 Å². The zero-order valence-electron chi connectivity index (χ0n) is 10.4. The van der Waals surface area contributed by atoms with Gasteiger partial charge >= 0.3 is 6.03 Å². The van der Waals surface area contributed by atoms with Gasteiger partial charge in [0.1, 0.15) is 0 Å². The lowest BCUT2D eigenvalue weighted by molar-refractivity contribution is -0.0393. The SMILES string of the molecule is COC(C(C)C)C1CN(C(=O)N(C)C)C1. The number of hydrogen-bond donors (Lipinski definition) is 0. The van der Waals surface area contributed by atoms with Gasteiger partial charge in [0.25, 0.3) is 0 Å². The summed E-state index contributed by atoms with van der Waals surface area (Å²) in [5.41, 5.74) is 0. The molecule has 1 atom stereocenters. The highest BCUT2D eigenvalue weighted by molar-refractivity contribution is 5.74. The van der Waals surface area contributed by atoms with Crippen molar-refractivity contribution >= 4 is 6.03 Å². The van der Waals surface area contributed by atoms with Gasteiger partial charge in [-0.05, 0) is 5.92 Å². The molecule has 1 rings (SSSR count). The van der Waals surface area contributed by atoms with E-state index in [0.29, 0.717) is 11.8 Å². The Hall–Kier alpha value is -0.770. The van der Waals surface area contributed by atoms with Crippen LogP contribution in [0, 0.1) is 11.8 Å². The Kier molecular flexibility index (Phi) is 3.97. The Morgan fingerprint density at radius 3 is 2.27 bits per heavy atom. The van der Waals surface area contributed by atoms with Crippen molar-refractivity contribution in [2.45, 2.75) is 20.0 Å². The Balaban J connectivity index is 2.39. The normalized spacial score (nSPS) is 18.9. The van der Waals surface area contributed by atoms with Crippen LogP contribution in [0.1, 0.15) is 13.8 Å². The number of carbonyl (C=O) groups excluding carboxylic acids is 1. The van der Waals surface area contributed by atoms with Crippen LogP contribution in [-0.4, -0.2) is 56.2 Å². The molecule has 0 spiro atoms. The molecule has 1 heterocycles. The first-order valence-corrected chi connectivity index (χ1v) is 5.46. The molecular weight excluding hydrogens is 192 g/mol. The fraction of sp³-hybridized carbons (Fsp3) is 0.909. The molecule has 1 saturated heterocycles.